The lowest BCUT2D eigenvalue weighted by atomic mass is 10.0. The van der Waals surface area contributed by atoms with Crippen LogP contribution < -0.4 is 5.32 Å². The van der Waals surface area contributed by atoms with E-state index in [1.807, 2.05) is 6.07 Å². The van der Waals surface area contributed by atoms with E-state index >= 15 is 0 Å². The van der Waals surface area contributed by atoms with E-state index in [0.717, 1.165) is 5.56 Å². The van der Waals surface area contributed by atoms with E-state index < -0.39 is 0 Å². The molecule has 1 amide bonds. The molecule has 1 aromatic rings. The zero-order valence-corrected chi connectivity index (χ0v) is 9.35. The van der Waals surface area contributed by atoms with Crippen LogP contribution in [0.1, 0.15) is 35.7 Å². The fraction of sp³-hybridized carbons (Fsp3) is 0.364. The van der Waals surface area contributed by atoms with Gasteiger partial charge in [0, 0.05) is 17.6 Å². The molecule has 0 aromatic heterocycles. The summed E-state index contributed by atoms with van der Waals surface area (Å²) in [7, 11) is 1.60. The molecule has 0 aliphatic rings. The molecule has 0 saturated heterocycles. The van der Waals surface area contributed by atoms with Gasteiger partial charge in [-0.1, -0.05) is 31.5 Å². The highest BCUT2D eigenvalue weighted by Crippen LogP contribution is 2.24. The number of halogens is 1. The van der Waals surface area contributed by atoms with Crippen LogP contribution >= 0.6 is 11.6 Å². The minimum atomic E-state index is -0.109. The van der Waals surface area contributed by atoms with Crippen molar-refractivity contribution in [2.24, 2.45) is 0 Å². The Morgan fingerprint density at radius 3 is 2.50 bits per heavy atom. The lowest BCUT2D eigenvalue weighted by Gasteiger charge is -2.09. The van der Waals surface area contributed by atoms with Gasteiger partial charge in [-0.15, -0.1) is 0 Å². The Balaban J connectivity index is 3.06. The second-order valence-electron chi connectivity index (χ2n) is 3.47. The van der Waals surface area contributed by atoms with Crippen LogP contribution in [0.15, 0.2) is 18.2 Å². The molecule has 76 valence electrons. The third-order valence-corrected chi connectivity index (χ3v) is 2.44. The third-order valence-electron chi connectivity index (χ3n) is 2.11. The van der Waals surface area contributed by atoms with E-state index in [9.17, 15) is 4.79 Å². The Hall–Kier alpha value is -1.02. The molecule has 1 aromatic carbocycles. The lowest BCUT2D eigenvalue weighted by Crippen LogP contribution is -2.17. The molecule has 14 heavy (non-hydrogen) atoms. The summed E-state index contributed by atoms with van der Waals surface area (Å²) in [5.41, 5.74) is 1.67. The van der Waals surface area contributed by atoms with Gasteiger partial charge >= 0.3 is 0 Å². The predicted octanol–water partition coefficient (Wildman–Crippen LogP) is 2.82. The summed E-state index contributed by atoms with van der Waals surface area (Å²) in [6.07, 6.45) is 0. The van der Waals surface area contributed by atoms with Gasteiger partial charge in [-0.2, -0.15) is 0 Å². The Bertz CT molecular complexity index is 347. The minimum Gasteiger partial charge on any atom is -0.355 e. The molecular weight excluding hydrogens is 198 g/mol. The monoisotopic (exact) mass is 211 g/mol. The first kappa shape index (κ1) is 11.1. The summed E-state index contributed by atoms with van der Waals surface area (Å²) < 4.78 is 0. The van der Waals surface area contributed by atoms with Crippen LogP contribution in [0.3, 0.4) is 0 Å². The van der Waals surface area contributed by atoms with Gasteiger partial charge in [0.2, 0.25) is 0 Å². The van der Waals surface area contributed by atoms with Gasteiger partial charge in [0.05, 0.1) is 0 Å². The van der Waals surface area contributed by atoms with Crippen molar-refractivity contribution in [1.29, 1.82) is 0 Å². The van der Waals surface area contributed by atoms with E-state index in [2.05, 4.69) is 19.2 Å². The molecule has 0 heterocycles. The van der Waals surface area contributed by atoms with Crippen molar-refractivity contribution in [3.05, 3.63) is 34.3 Å². The van der Waals surface area contributed by atoms with E-state index in [0.29, 0.717) is 16.5 Å². The normalized spacial score (nSPS) is 10.4. The van der Waals surface area contributed by atoms with Crippen LogP contribution in [0.5, 0.6) is 0 Å². The minimum absolute atomic E-state index is 0.109. The molecule has 3 heteroatoms. The quantitative estimate of drug-likeness (QED) is 0.801. The average Bonchev–Trinajstić information content (AvgIpc) is 2.15. The maximum atomic E-state index is 11.3. The fourth-order valence-electron chi connectivity index (χ4n) is 1.28. The van der Waals surface area contributed by atoms with Crippen molar-refractivity contribution >= 4 is 17.5 Å². The maximum Gasteiger partial charge on any atom is 0.251 e. The molecule has 0 bridgehead atoms. The molecule has 0 fully saturated rings. The van der Waals surface area contributed by atoms with Crippen molar-refractivity contribution in [1.82, 2.24) is 5.32 Å². The smallest absolute Gasteiger partial charge is 0.251 e. The molecule has 0 atom stereocenters. The predicted molar refractivity (Wildman–Crippen MR) is 58.9 cm³/mol. The SMILES string of the molecule is CNC(=O)c1ccc(C(C)C)c(Cl)c1. The van der Waals surface area contributed by atoms with Crippen LogP contribution in [-0.2, 0) is 0 Å². The summed E-state index contributed by atoms with van der Waals surface area (Å²) in [6, 6.07) is 5.40. The van der Waals surface area contributed by atoms with E-state index in [4.69, 9.17) is 11.6 Å². The van der Waals surface area contributed by atoms with Crippen LogP contribution in [0, 0.1) is 0 Å². The summed E-state index contributed by atoms with van der Waals surface area (Å²) in [4.78, 5) is 11.3. The van der Waals surface area contributed by atoms with Gasteiger partial charge in [-0.3, -0.25) is 4.79 Å². The number of carbonyl (C=O) groups is 1. The number of benzene rings is 1. The Morgan fingerprint density at radius 2 is 2.07 bits per heavy atom. The molecule has 1 rings (SSSR count). The van der Waals surface area contributed by atoms with Gasteiger partial charge in [0.1, 0.15) is 0 Å². The Morgan fingerprint density at radius 1 is 1.43 bits per heavy atom. The second kappa shape index (κ2) is 4.47. The van der Waals surface area contributed by atoms with Crippen LogP contribution in [0.2, 0.25) is 5.02 Å². The standard InChI is InChI=1S/C11H14ClNO/c1-7(2)9-5-4-8(6-10(9)12)11(14)13-3/h4-7H,1-3H3,(H,13,14). The van der Waals surface area contributed by atoms with Gasteiger partial charge in [0.25, 0.3) is 5.91 Å². The largest absolute Gasteiger partial charge is 0.355 e. The van der Waals surface area contributed by atoms with Gasteiger partial charge in [0.15, 0.2) is 0 Å². The number of hydrogen-bond donors (Lipinski definition) is 1. The zero-order chi connectivity index (χ0) is 10.7. The summed E-state index contributed by atoms with van der Waals surface area (Å²) in [6.45, 7) is 4.14. The van der Waals surface area contributed by atoms with Crippen LogP contribution in [0.25, 0.3) is 0 Å². The van der Waals surface area contributed by atoms with Crippen LogP contribution in [-0.4, -0.2) is 13.0 Å². The molecule has 0 radical (unpaired) electrons. The molecule has 0 spiro atoms. The fourth-order valence-corrected chi connectivity index (χ4v) is 1.68. The molecule has 0 aliphatic heterocycles. The van der Waals surface area contributed by atoms with E-state index in [-0.39, 0.29) is 5.91 Å². The topological polar surface area (TPSA) is 29.1 Å². The second-order valence-corrected chi connectivity index (χ2v) is 3.88. The zero-order valence-electron chi connectivity index (χ0n) is 8.60. The lowest BCUT2D eigenvalue weighted by molar-refractivity contribution is 0.0963. The van der Waals surface area contributed by atoms with Crippen LogP contribution in [0.4, 0.5) is 0 Å². The highest BCUT2D eigenvalue weighted by Gasteiger charge is 2.08. The van der Waals surface area contributed by atoms with Crippen molar-refractivity contribution in [2.45, 2.75) is 19.8 Å². The van der Waals surface area contributed by atoms with E-state index in [1.54, 1.807) is 19.2 Å². The first-order chi connectivity index (χ1) is 6.56. The van der Waals surface area contributed by atoms with Gasteiger partial charge < -0.3 is 5.32 Å². The molecule has 1 N–H and O–H groups in total. The third kappa shape index (κ3) is 2.26. The van der Waals surface area contributed by atoms with Crippen molar-refractivity contribution in [3.63, 3.8) is 0 Å². The first-order valence-electron chi connectivity index (χ1n) is 4.57. The molecule has 0 unspecified atom stereocenters. The summed E-state index contributed by atoms with van der Waals surface area (Å²) in [5, 5.41) is 3.21. The molecule has 2 nitrogen and oxygen atoms in total. The summed E-state index contributed by atoms with van der Waals surface area (Å²) in [5.74, 6) is 0.267. The van der Waals surface area contributed by atoms with Crippen molar-refractivity contribution in [3.8, 4) is 0 Å². The average molecular weight is 212 g/mol. The number of carbonyl (C=O) groups excluding carboxylic acids is 1. The number of hydrogen-bond acceptors (Lipinski definition) is 1. The maximum absolute atomic E-state index is 11.3. The van der Waals surface area contributed by atoms with Gasteiger partial charge in [-0.05, 0) is 23.6 Å². The Labute approximate surface area is 89.3 Å². The number of amides is 1. The number of nitrogens with one attached hydrogen (secondary N) is 1. The molecule has 0 saturated carbocycles. The van der Waals surface area contributed by atoms with Crippen molar-refractivity contribution < 1.29 is 4.79 Å². The Kier molecular flexibility index (Phi) is 3.53. The highest BCUT2D eigenvalue weighted by molar-refractivity contribution is 6.31. The first-order valence-corrected chi connectivity index (χ1v) is 4.95. The van der Waals surface area contributed by atoms with Crippen molar-refractivity contribution in [2.75, 3.05) is 7.05 Å². The molecule has 0 aliphatic carbocycles. The van der Waals surface area contributed by atoms with Gasteiger partial charge in [-0.25, -0.2) is 0 Å². The number of rotatable bonds is 2. The highest BCUT2D eigenvalue weighted by atomic mass is 35.5. The summed E-state index contributed by atoms with van der Waals surface area (Å²) >= 11 is 6.05. The molecular formula is C11H14ClNO. The van der Waals surface area contributed by atoms with E-state index in [1.165, 1.54) is 0 Å².